The molecule has 4 aromatic rings. The molecule has 1 aliphatic rings. The molecule has 0 saturated heterocycles. The topological polar surface area (TPSA) is 78.2 Å². The van der Waals surface area contributed by atoms with Crippen LogP contribution < -0.4 is 19.6 Å². The van der Waals surface area contributed by atoms with Crippen molar-refractivity contribution in [3.8, 4) is 17.2 Å². The normalized spacial score (nSPS) is 14.6. The fourth-order valence-electron chi connectivity index (χ4n) is 4.77. The Labute approximate surface area is 213 Å². The van der Waals surface area contributed by atoms with Crippen LogP contribution >= 0.6 is 0 Å². The first kappa shape index (κ1) is 24.4. The zero-order valence-electron chi connectivity index (χ0n) is 20.7. The SMILES string of the molecule is CCOc1ccc(C2c3c(oc4ccc(F)cc4c3=O)C(=O)N2CCc2ccc(OC)c(OC)c2)cc1. The van der Waals surface area contributed by atoms with E-state index in [1.165, 1.54) is 12.1 Å². The Morgan fingerprint density at radius 1 is 0.946 bits per heavy atom. The maximum absolute atomic E-state index is 14.0. The molecular formula is C29H26FNO6. The van der Waals surface area contributed by atoms with E-state index in [-0.39, 0.29) is 22.3 Å². The fraction of sp³-hybridized carbons (Fsp3) is 0.241. The zero-order valence-corrected chi connectivity index (χ0v) is 20.7. The Kier molecular flexibility index (Phi) is 6.56. The lowest BCUT2D eigenvalue weighted by molar-refractivity contribution is 0.0730. The van der Waals surface area contributed by atoms with Crippen molar-refractivity contribution in [2.75, 3.05) is 27.4 Å². The van der Waals surface area contributed by atoms with Gasteiger partial charge in [-0.05, 0) is 66.9 Å². The van der Waals surface area contributed by atoms with Crippen molar-refractivity contribution < 1.29 is 27.8 Å². The van der Waals surface area contributed by atoms with E-state index in [9.17, 15) is 14.0 Å². The minimum Gasteiger partial charge on any atom is -0.494 e. The maximum atomic E-state index is 14.0. The van der Waals surface area contributed by atoms with E-state index in [2.05, 4.69) is 0 Å². The molecule has 190 valence electrons. The highest BCUT2D eigenvalue weighted by Gasteiger charge is 2.42. The predicted octanol–water partition coefficient (Wildman–Crippen LogP) is 5.14. The molecule has 0 N–H and O–H groups in total. The second kappa shape index (κ2) is 9.97. The quantitative estimate of drug-likeness (QED) is 0.332. The van der Waals surface area contributed by atoms with E-state index in [1.807, 2.05) is 37.3 Å². The maximum Gasteiger partial charge on any atom is 0.290 e. The number of ether oxygens (including phenoxy) is 3. The summed E-state index contributed by atoms with van der Waals surface area (Å²) in [6.07, 6.45) is 0.496. The summed E-state index contributed by atoms with van der Waals surface area (Å²) in [5.74, 6) is 0.918. The van der Waals surface area contributed by atoms with Gasteiger partial charge < -0.3 is 23.5 Å². The molecular weight excluding hydrogens is 477 g/mol. The number of methoxy groups -OCH3 is 2. The van der Waals surface area contributed by atoms with E-state index >= 15 is 0 Å². The van der Waals surface area contributed by atoms with Crippen molar-refractivity contribution in [1.82, 2.24) is 4.90 Å². The fourth-order valence-corrected chi connectivity index (χ4v) is 4.77. The highest BCUT2D eigenvalue weighted by Crippen LogP contribution is 2.39. The first-order valence-electron chi connectivity index (χ1n) is 12.0. The molecule has 1 aliphatic heterocycles. The summed E-state index contributed by atoms with van der Waals surface area (Å²) >= 11 is 0. The van der Waals surface area contributed by atoms with Crippen molar-refractivity contribution >= 4 is 16.9 Å². The summed E-state index contributed by atoms with van der Waals surface area (Å²) < 4.78 is 36.2. The summed E-state index contributed by atoms with van der Waals surface area (Å²) in [5.41, 5.74) is 1.62. The van der Waals surface area contributed by atoms with Crippen LogP contribution in [0.2, 0.25) is 0 Å². The van der Waals surface area contributed by atoms with Gasteiger partial charge in [0.1, 0.15) is 17.1 Å². The molecule has 8 heteroatoms. The summed E-state index contributed by atoms with van der Waals surface area (Å²) in [6.45, 7) is 2.72. The Morgan fingerprint density at radius 2 is 1.70 bits per heavy atom. The lowest BCUT2D eigenvalue weighted by atomic mass is 9.98. The molecule has 37 heavy (non-hydrogen) atoms. The molecule has 5 rings (SSSR count). The Balaban J connectivity index is 1.57. The first-order valence-corrected chi connectivity index (χ1v) is 12.0. The number of hydrogen-bond acceptors (Lipinski definition) is 6. The minimum atomic E-state index is -0.692. The van der Waals surface area contributed by atoms with Crippen molar-refractivity contribution in [1.29, 1.82) is 0 Å². The van der Waals surface area contributed by atoms with Gasteiger partial charge in [0.05, 0.1) is 37.8 Å². The van der Waals surface area contributed by atoms with Crippen LogP contribution in [0.3, 0.4) is 0 Å². The van der Waals surface area contributed by atoms with E-state index in [4.69, 9.17) is 18.6 Å². The molecule has 2 heterocycles. The van der Waals surface area contributed by atoms with Crippen LogP contribution in [-0.4, -0.2) is 38.2 Å². The average molecular weight is 504 g/mol. The molecule has 0 saturated carbocycles. The van der Waals surface area contributed by atoms with Gasteiger partial charge in [-0.3, -0.25) is 9.59 Å². The number of benzene rings is 3. The molecule has 3 aromatic carbocycles. The number of carbonyl (C=O) groups is 1. The summed E-state index contributed by atoms with van der Waals surface area (Å²) in [5, 5.41) is 0.101. The van der Waals surface area contributed by atoms with Gasteiger partial charge in [0.15, 0.2) is 16.9 Å². The largest absolute Gasteiger partial charge is 0.494 e. The molecule has 1 aromatic heterocycles. The van der Waals surface area contributed by atoms with Gasteiger partial charge in [-0.15, -0.1) is 0 Å². The van der Waals surface area contributed by atoms with Gasteiger partial charge >= 0.3 is 0 Å². The van der Waals surface area contributed by atoms with Gasteiger partial charge in [-0.2, -0.15) is 0 Å². The number of hydrogen-bond donors (Lipinski definition) is 0. The summed E-state index contributed by atoms with van der Waals surface area (Å²) in [7, 11) is 3.13. The molecule has 1 atom stereocenters. The van der Waals surface area contributed by atoms with E-state index in [0.717, 1.165) is 17.2 Å². The number of carbonyl (C=O) groups excluding carboxylic acids is 1. The van der Waals surface area contributed by atoms with Crippen LogP contribution in [0.1, 0.15) is 40.2 Å². The minimum absolute atomic E-state index is 0.0182. The second-order valence-corrected chi connectivity index (χ2v) is 8.66. The molecule has 0 bridgehead atoms. The Hall–Kier alpha value is -4.33. The van der Waals surface area contributed by atoms with Crippen LogP contribution in [-0.2, 0) is 6.42 Å². The number of rotatable bonds is 8. The highest BCUT2D eigenvalue weighted by molar-refractivity contribution is 5.99. The van der Waals surface area contributed by atoms with Crippen molar-refractivity contribution in [3.63, 3.8) is 0 Å². The third-order valence-corrected chi connectivity index (χ3v) is 6.52. The van der Waals surface area contributed by atoms with Crippen LogP contribution in [0.25, 0.3) is 11.0 Å². The predicted molar refractivity (Wildman–Crippen MR) is 136 cm³/mol. The molecule has 1 amide bonds. The van der Waals surface area contributed by atoms with Crippen molar-refractivity contribution in [3.05, 3.63) is 99.2 Å². The number of amides is 1. The van der Waals surface area contributed by atoms with Crippen LogP contribution in [0.15, 0.2) is 69.9 Å². The third-order valence-electron chi connectivity index (χ3n) is 6.52. The summed E-state index contributed by atoms with van der Waals surface area (Å²) in [6, 6.07) is 15.9. The van der Waals surface area contributed by atoms with Crippen molar-refractivity contribution in [2.45, 2.75) is 19.4 Å². The van der Waals surface area contributed by atoms with E-state index in [0.29, 0.717) is 36.8 Å². The van der Waals surface area contributed by atoms with Gasteiger partial charge in [0.2, 0.25) is 5.76 Å². The molecule has 7 nitrogen and oxygen atoms in total. The van der Waals surface area contributed by atoms with E-state index in [1.54, 1.807) is 31.3 Å². The molecule has 0 radical (unpaired) electrons. The standard InChI is InChI=1S/C29H26FNO6/c1-4-36-20-9-6-18(7-10-20)26-25-27(32)21-16-19(30)8-12-22(21)37-28(25)29(33)31(26)14-13-17-5-11-23(34-2)24(15-17)35-3/h5-12,15-16,26H,4,13-14H2,1-3H3. The smallest absolute Gasteiger partial charge is 0.290 e. The average Bonchev–Trinajstić information content (AvgIpc) is 3.19. The lowest BCUT2D eigenvalue weighted by Gasteiger charge is -2.25. The van der Waals surface area contributed by atoms with Crippen molar-refractivity contribution in [2.24, 2.45) is 0 Å². The van der Waals surface area contributed by atoms with Gasteiger partial charge in [0.25, 0.3) is 5.91 Å². The molecule has 0 aliphatic carbocycles. The van der Waals surface area contributed by atoms with Crippen LogP contribution in [0, 0.1) is 5.82 Å². The Bertz CT molecular complexity index is 1530. The lowest BCUT2D eigenvalue weighted by Crippen LogP contribution is -2.31. The highest BCUT2D eigenvalue weighted by atomic mass is 19.1. The third kappa shape index (κ3) is 4.39. The van der Waals surface area contributed by atoms with Gasteiger partial charge in [-0.1, -0.05) is 18.2 Å². The van der Waals surface area contributed by atoms with Gasteiger partial charge in [0, 0.05) is 6.54 Å². The zero-order chi connectivity index (χ0) is 26.1. The first-order chi connectivity index (χ1) is 17.9. The number of nitrogens with zero attached hydrogens (tertiary/aromatic N) is 1. The molecule has 0 fully saturated rings. The number of fused-ring (bicyclic) bond motifs is 2. The molecule has 0 spiro atoms. The van der Waals surface area contributed by atoms with Gasteiger partial charge in [-0.25, -0.2) is 4.39 Å². The monoisotopic (exact) mass is 503 g/mol. The molecule has 1 unspecified atom stereocenters. The Morgan fingerprint density at radius 3 is 2.41 bits per heavy atom. The van der Waals surface area contributed by atoms with Crippen LogP contribution in [0.4, 0.5) is 4.39 Å². The van der Waals surface area contributed by atoms with Crippen LogP contribution in [0.5, 0.6) is 17.2 Å². The summed E-state index contributed by atoms with van der Waals surface area (Å²) in [4.78, 5) is 28.8. The number of halogens is 1. The second-order valence-electron chi connectivity index (χ2n) is 8.66. The van der Waals surface area contributed by atoms with E-state index < -0.39 is 23.2 Å².